The number of anilines is 1. The normalized spacial score (nSPS) is 17.0. The minimum absolute atomic E-state index is 0.0362. The first-order valence-electron chi connectivity index (χ1n) is 8.45. The molecule has 1 aliphatic heterocycles. The lowest BCUT2D eigenvalue weighted by Gasteiger charge is -2.24. The van der Waals surface area contributed by atoms with E-state index < -0.39 is 0 Å². The Balaban J connectivity index is 1.53. The summed E-state index contributed by atoms with van der Waals surface area (Å²) in [5.74, 6) is 0.962. The highest BCUT2D eigenvalue weighted by Crippen LogP contribution is 2.38. The van der Waals surface area contributed by atoms with E-state index in [1.807, 2.05) is 47.0 Å². The van der Waals surface area contributed by atoms with Gasteiger partial charge in [0.25, 0.3) is 0 Å². The summed E-state index contributed by atoms with van der Waals surface area (Å²) >= 11 is 1.82. The lowest BCUT2D eigenvalue weighted by Crippen LogP contribution is -2.34. The van der Waals surface area contributed by atoms with E-state index in [1.165, 1.54) is 16.5 Å². The summed E-state index contributed by atoms with van der Waals surface area (Å²) in [5, 5.41) is 5.45. The third kappa shape index (κ3) is 3.35. The van der Waals surface area contributed by atoms with Gasteiger partial charge in [-0.25, -0.2) is 4.79 Å². The molecule has 1 N–H and O–H groups in total. The largest absolute Gasteiger partial charge is 0.323 e. The predicted molar refractivity (Wildman–Crippen MR) is 106 cm³/mol. The number of nitrogens with one attached hydrogen (secondary N) is 1. The van der Waals surface area contributed by atoms with E-state index in [-0.39, 0.29) is 11.4 Å². The molecule has 126 valence electrons. The van der Waals surface area contributed by atoms with Crippen molar-refractivity contribution in [3.8, 4) is 0 Å². The molecule has 0 saturated carbocycles. The molecule has 4 heteroatoms. The molecule has 1 atom stereocenters. The van der Waals surface area contributed by atoms with Crippen molar-refractivity contribution >= 4 is 34.3 Å². The number of fused-ring (bicyclic) bond motifs is 1. The van der Waals surface area contributed by atoms with Crippen LogP contribution in [-0.4, -0.2) is 23.2 Å². The third-order valence-corrected chi connectivity index (χ3v) is 5.78. The third-order valence-electron chi connectivity index (χ3n) is 4.52. The molecule has 1 fully saturated rings. The van der Waals surface area contributed by atoms with Gasteiger partial charge in [0.15, 0.2) is 0 Å². The van der Waals surface area contributed by atoms with Crippen molar-refractivity contribution in [3.05, 3.63) is 77.9 Å². The Morgan fingerprint density at radius 1 is 1.04 bits per heavy atom. The minimum atomic E-state index is -0.0362. The molecule has 1 aliphatic rings. The number of rotatable bonds is 2. The molecule has 1 heterocycles. The number of hydrogen-bond acceptors (Lipinski definition) is 2. The first-order valence-corrected chi connectivity index (χ1v) is 9.50. The number of carbonyl (C=O) groups excluding carboxylic acids is 1. The van der Waals surface area contributed by atoms with Gasteiger partial charge in [0.1, 0.15) is 5.37 Å². The first-order chi connectivity index (χ1) is 12.2. The van der Waals surface area contributed by atoms with Gasteiger partial charge < -0.3 is 10.2 Å². The Morgan fingerprint density at radius 3 is 2.60 bits per heavy atom. The fourth-order valence-electron chi connectivity index (χ4n) is 3.15. The zero-order chi connectivity index (χ0) is 17.2. The molecule has 4 rings (SSSR count). The van der Waals surface area contributed by atoms with Crippen molar-refractivity contribution in [1.82, 2.24) is 4.90 Å². The van der Waals surface area contributed by atoms with Crippen LogP contribution in [0.2, 0.25) is 0 Å². The number of aryl methyl sites for hydroxylation is 1. The molecule has 0 aliphatic carbocycles. The molecule has 1 saturated heterocycles. The number of carbonyl (C=O) groups is 1. The maximum atomic E-state index is 12.8. The number of hydrogen-bond donors (Lipinski definition) is 1. The number of urea groups is 1. The predicted octanol–water partition coefficient (Wildman–Crippen LogP) is 5.43. The smallest absolute Gasteiger partial charge is 0.308 e. The van der Waals surface area contributed by atoms with Crippen LogP contribution in [0.5, 0.6) is 0 Å². The second-order valence-corrected chi connectivity index (χ2v) is 7.51. The highest BCUT2D eigenvalue weighted by molar-refractivity contribution is 7.99. The van der Waals surface area contributed by atoms with Crippen molar-refractivity contribution in [3.63, 3.8) is 0 Å². The van der Waals surface area contributed by atoms with Gasteiger partial charge in [-0.15, -0.1) is 11.8 Å². The Hall–Kier alpha value is -2.46. The van der Waals surface area contributed by atoms with E-state index in [4.69, 9.17) is 0 Å². The van der Waals surface area contributed by atoms with Crippen molar-refractivity contribution in [1.29, 1.82) is 0 Å². The van der Waals surface area contributed by atoms with Gasteiger partial charge in [-0.3, -0.25) is 0 Å². The standard InChI is InChI=1S/C21H20N2OS/c1-15-6-8-17(9-7-15)20-23(12-13-25-20)21(24)22-19-11-10-16-4-2-3-5-18(16)14-19/h2-11,14,20H,12-13H2,1H3,(H,22,24). The molecule has 2 amide bonds. The fourth-order valence-corrected chi connectivity index (χ4v) is 4.40. The van der Waals surface area contributed by atoms with E-state index in [0.717, 1.165) is 23.4 Å². The van der Waals surface area contributed by atoms with E-state index >= 15 is 0 Å². The Labute approximate surface area is 152 Å². The maximum Gasteiger partial charge on any atom is 0.323 e. The van der Waals surface area contributed by atoms with E-state index in [1.54, 1.807) is 0 Å². The monoisotopic (exact) mass is 348 g/mol. The average Bonchev–Trinajstić information content (AvgIpc) is 3.12. The molecular weight excluding hydrogens is 328 g/mol. The van der Waals surface area contributed by atoms with E-state index in [2.05, 4.69) is 48.6 Å². The second-order valence-electron chi connectivity index (χ2n) is 6.32. The van der Waals surface area contributed by atoms with Crippen LogP contribution < -0.4 is 5.32 Å². The Bertz CT molecular complexity index is 907. The van der Waals surface area contributed by atoms with Crippen LogP contribution >= 0.6 is 11.8 Å². The van der Waals surface area contributed by atoms with Crippen LogP contribution in [0.1, 0.15) is 16.5 Å². The van der Waals surface area contributed by atoms with Crippen LogP contribution in [0.4, 0.5) is 10.5 Å². The fraction of sp³-hybridized carbons (Fsp3) is 0.190. The Morgan fingerprint density at radius 2 is 1.80 bits per heavy atom. The number of benzene rings is 3. The molecule has 0 radical (unpaired) electrons. The molecule has 1 unspecified atom stereocenters. The van der Waals surface area contributed by atoms with Crippen LogP contribution in [0.3, 0.4) is 0 Å². The summed E-state index contributed by atoms with van der Waals surface area (Å²) < 4.78 is 0. The molecule has 0 aromatic heterocycles. The van der Waals surface area contributed by atoms with E-state index in [0.29, 0.717) is 0 Å². The zero-order valence-electron chi connectivity index (χ0n) is 14.1. The molecule has 3 aromatic rings. The molecule has 3 nitrogen and oxygen atoms in total. The zero-order valence-corrected chi connectivity index (χ0v) is 14.9. The maximum absolute atomic E-state index is 12.8. The summed E-state index contributed by atoms with van der Waals surface area (Å²) in [5.41, 5.74) is 3.25. The molecule has 3 aromatic carbocycles. The highest BCUT2D eigenvalue weighted by Gasteiger charge is 2.30. The number of nitrogens with zero attached hydrogens (tertiary/aromatic N) is 1. The molecule has 25 heavy (non-hydrogen) atoms. The lowest BCUT2D eigenvalue weighted by molar-refractivity contribution is 0.214. The Kier molecular flexibility index (Phi) is 4.36. The van der Waals surface area contributed by atoms with Gasteiger partial charge in [-0.05, 0) is 35.4 Å². The van der Waals surface area contributed by atoms with Crippen molar-refractivity contribution in [2.45, 2.75) is 12.3 Å². The number of thioether (sulfide) groups is 1. The van der Waals surface area contributed by atoms with Gasteiger partial charge in [0.05, 0.1) is 0 Å². The minimum Gasteiger partial charge on any atom is -0.308 e. The van der Waals surface area contributed by atoms with Crippen LogP contribution in [-0.2, 0) is 0 Å². The van der Waals surface area contributed by atoms with Crippen molar-refractivity contribution in [2.24, 2.45) is 0 Å². The number of amides is 2. The highest BCUT2D eigenvalue weighted by atomic mass is 32.2. The summed E-state index contributed by atoms with van der Waals surface area (Å²) in [6, 6.07) is 22.6. The van der Waals surface area contributed by atoms with Gasteiger partial charge >= 0.3 is 6.03 Å². The molecular formula is C21H20N2OS. The quantitative estimate of drug-likeness (QED) is 0.670. The SMILES string of the molecule is Cc1ccc(C2SCCN2C(=O)Nc2ccc3ccccc3c2)cc1. The van der Waals surface area contributed by atoms with Gasteiger partial charge in [-0.1, -0.05) is 60.2 Å². The van der Waals surface area contributed by atoms with Crippen LogP contribution in [0.25, 0.3) is 10.8 Å². The summed E-state index contributed by atoms with van der Waals surface area (Å²) in [7, 11) is 0. The summed E-state index contributed by atoms with van der Waals surface area (Å²) in [6.45, 7) is 2.85. The lowest BCUT2D eigenvalue weighted by atomic mass is 10.1. The van der Waals surface area contributed by atoms with E-state index in [9.17, 15) is 4.79 Å². The van der Waals surface area contributed by atoms with Gasteiger partial charge in [0, 0.05) is 18.0 Å². The topological polar surface area (TPSA) is 32.3 Å². The average molecular weight is 348 g/mol. The molecule has 0 bridgehead atoms. The summed E-state index contributed by atoms with van der Waals surface area (Å²) in [6.07, 6.45) is 0. The van der Waals surface area contributed by atoms with Gasteiger partial charge in [0.2, 0.25) is 0 Å². The van der Waals surface area contributed by atoms with Crippen LogP contribution in [0.15, 0.2) is 66.7 Å². The molecule has 0 spiro atoms. The first kappa shape index (κ1) is 16.0. The van der Waals surface area contributed by atoms with Crippen LogP contribution in [0, 0.1) is 6.92 Å². The van der Waals surface area contributed by atoms with Crippen molar-refractivity contribution in [2.75, 3.05) is 17.6 Å². The van der Waals surface area contributed by atoms with Crippen molar-refractivity contribution < 1.29 is 4.79 Å². The summed E-state index contributed by atoms with van der Waals surface area (Å²) in [4.78, 5) is 14.7. The second kappa shape index (κ2) is 6.81. The van der Waals surface area contributed by atoms with Gasteiger partial charge in [-0.2, -0.15) is 0 Å².